The molecule has 198 valence electrons. The molecule has 33 heavy (non-hydrogen) atoms. The summed E-state index contributed by atoms with van der Waals surface area (Å²) in [6, 6.07) is 0. The summed E-state index contributed by atoms with van der Waals surface area (Å²) in [5, 5.41) is 0. The van der Waals surface area contributed by atoms with Crippen molar-refractivity contribution < 1.29 is 19.1 Å². The van der Waals surface area contributed by atoms with Crippen molar-refractivity contribution in [2.24, 2.45) is 5.73 Å². The van der Waals surface area contributed by atoms with E-state index in [1.165, 1.54) is 89.9 Å². The fourth-order valence-electron chi connectivity index (χ4n) is 3.81. The van der Waals surface area contributed by atoms with Crippen LogP contribution in [0.1, 0.15) is 142 Å². The quantitative estimate of drug-likeness (QED) is 0.100. The van der Waals surface area contributed by atoms with E-state index < -0.39 is 6.10 Å². The predicted molar refractivity (Wildman–Crippen MR) is 144 cm³/mol. The van der Waals surface area contributed by atoms with Gasteiger partial charge in [0.15, 0.2) is 0 Å². The summed E-state index contributed by atoms with van der Waals surface area (Å²) in [6.45, 7) is 4.71. The highest BCUT2D eigenvalue weighted by molar-refractivity contribution is 8.93. The Kier molecular flexibility index (Phi) is 28.9. The second kappa shape index (κ2) is 27.6. The molecule has 0 aliphatic rings. The first-order valence-corrected chi connectivity index (χ1v) is 13.7. The summed E-state index contributed by atoms with van der Waals surface area (Å²) < 4.78 is 10.6. The van der Waals surface area contributed by atoms with E-state index in [2.05, 4.69) is 13.8 Å². The minimum absolute atomic E-state index is 0. The molecule has 5 nitrogen and oxygen atoms in total. The molecule has 0 bridgehead atoms. The highest BCUT2D eigenvalue weighted by Crippen LogP contribution is 2.12. The average molecular weight is 537 g/mol. The van der Waals surface area contributed by atoms with Gasteiger partial charge in [-0.1, -0.05) is 117 Å². The second-order valence-corrected chi connectivity index (χ2v) is 9.19. The highest BCUT2D eigenvalue weighted by Gasteiger charge is 2.15. The summed E-state index contributed by atoms with van der Waals surface area (Å²) in [4.78, 5) is 23.9. The van der Waals surface area contributed by atoms with Crippen molar-refractivity contribution in [3.05, 3.63) is 0 Å². The molecule has 0 aliphatic carbocycles. The van der Waals surface area contributed by atoms with E-state index in [0.717, 1.165) is 25.7 Å². The van der Waals surface area contributed by atoms with Crippen molar-refractivity contribution in [3.8, 4) is 0 Å². The van der Waals surface area contributed by atoms with Crippen molar-refractivity contribution in [2.45, 2.75) is 148 Å². The number of unbranched alkanes of at least 4 members (excludes halogenated alkanes) is 16. The molecule has 0 saturated carbocycles. The van der Waals surface area contributed by atoms with Crippen molar-refractivity contribution in [1.82, 2.24) is 0 Å². The van der Waals surface area contributed by atoms with E-state index in [0.29, 0.717) is 12.8 Å². The maximum absolute atomic E-state index is 12.0. The molecule has 0 saturated heterocycles. The Morgan fingerprint density at radius 1 is 0.606 bits per heavy atom. The summed E-state index contributed by atoms with van der Waals surface area (Å²) in [5.41, 5.74) is 5.68. The lowest BCUT2D eigenvalue weighted by molar-refractivity contribution is -0.158. The topological polar surface area (TPSA) is 78.6 Å². The largest absolute Gasteiger partial charge is 0.462 e. The van der Waals surface area contributed by atoms with Gasteiger partial charge in [0.2, 0.25) is 0 Å². The van der Waals surface area contributed by atoms with E-state index in [9.17, 15) is 9.59 Å². The Morgan fingerprint density at radius 2 is 0.970 bits per heavy atom. The number of esters is 2. The minimum atomic E-state index is -0.534. The fourth-order valence-corrected chi connectivity index (χ4v) is 3.81. The molecule has 0 aromatic carbocycles. The number of ether oxygens (including phenoxy) is 2. The molecule has 1 atom stereocenters. The zero-order valence-electron chi connectivity index (χ0n) is 21.8. The summed E-state index contributed by atoms with van der Waals surface area (Å²) in [6.07, 6.45) is 22.2. The molecule has 0 rings (SSSR count). The summed E-state index contributed by atoms with van der Waals surface area (Å²) >= 11 is 0. The zero-order valence-corrected chi connectivity index (χ0v) is 23.5. The highest BCUT2D eigenvalue weighted by atomic mass is 79.9. The van der Waals surface area contributed by atoms with Crippen LogP contribution < -0.4 is 5.73 Å². The molecule has 0 aromatic heterocycles. The molecule has 0 heterocycles. The fraction of sp³-hybridized carbons (Fsp3) is 0.926. The smallest absolute Gasteiger partial charge is 0.306 e. The van der Waals surface area contributed by atoms with E-state index in [1.807, 2.05) is 0 Å². The van der Waals surface area contributed by atoms with Gasteiger partial charge in [-0.3, -0.25) is 9.59 Å². The van der Waals surface area contributed by atoms with Crippen molar-refractivity contribution >= 4 is 28.9 Å². The van der Waals surface area contributed by atoms with Gasteiger partial charge in [-0.05, 0) is 12.8 Å². The van der Waals surface area contributed by atoms with Crippen molar-refractivity contribution in [3.63, 3.8) is 0 Å². The molecule has 0 fully saturated rings. The van der Waals surface area contributed by atoms with Gasteiger partial charge in [-0.25, -0.2) is 0 Å². The number of halogens is 1. The first kappa shape index (κ1) is 34.5. The zero-order chi connectivity index (χ0) is 23.7. The van der Waals surface area contributed by atoms with Crippen LogP contribution in [0.4, 0.5) is 0 Å². The van der Waals surface area contributed by atoms with Crippen molar-refractivity contribution in [1.29, 1.82) is 0 Å². The Morgan fingerprint density at radius 3 is 1.36 bits per heavy atom. The Balaban J connectivity index is 0. The second-order valence-electron chi connectivity index (χ2n) is 9.19. The molecule has 6 heteroatoms. The van der Waals surface area contributed by atoms with Gasteiger partial charge in [-0.2, -0.15) is 0 Å². The number of carbonyl (C=O) groups excluding carboxylic acids is 2. The lowest BCUT2D eigenvalue weighted by Crippen LogP contribution is -2.32. The molecular weight excluding hydrogens is 482 g/mol. The Hall–Kier alpha value is -0.620. The van der Waals surface area contributed by atoms with Gasteiger partial charge in [0.25, 0.3) is 0 Å². The van der Waals surface area contributed by atoms with Crippen LogP contribution in [-0.4, -0.2) is 31.2 Å². The third kappa shape index (κ3) is 25.8. The Bertz CT molecular complexity index is 434. The van der Waals surface area contributed by atoms with Crippen LogP contribution in [0.3, 0.4) is 0 Å². The summed E-state index contributed by atoms with van der Waals surface area (Å²) in [5.74, 6) is -0.459. The maximum atomic E-state index is 12.0. The van der Waals surface area contributed by atoms with Crippen LogP contribution in [0.5, 0.6) is 0 Å². The van der Waals surface area contributed by atoms with Crippen LogP contribution in [0.2, 0.25) is 0 Å². The van der Waals surface area contributed by atoms with E-state index in [4.69, 9.17) is 15.2 Å². The van der Waals surface area contributed by atoms with Gasteiger partial charge < -0.3 is 15.2 Å². The van der Waals surface area contributed by atoms with Crippen molar-refractivity contribution in [2.75, 3.05) is 13.2 Å². The van der Waals surface area contributed by atoms with Crippen LogP contribution >= 0.6 is 17.0 Å². The number of rotatable bonds is 24. The van der Waals surface area contributed by atoms with Crippen LogP contribution in [0.15, 0.2) is 0 Å². The molecule has 1 unspecified atom stereocenters. The van der Waals surface area contributed by atoms with E-state index in [-0.39, 0.29) is 42.1 Å². The van der Waals surface area contributed by atoms with Gasteiger partial charge in [0.05, 0.1) is 0 Å². The molecule has 0 radical (unpaired) electrons. The van der Waals surface area contributed by atoms with Crippen LogP contribution in [-0.2, 0) is 19.1 Å². The lowest BCUT2D eigenvalue weighted by atomic mass is 10.1. The van der Waals surface area contributed by atoms with Crippen LogP contribution in [0, 0.1) is 0 Å². The third-order valence-corrected chi connectivity index (χ3v) is 5.96. The van der Waals surface area contributed by atoms with Gasteiger partial charge in [0, 0.05) is 19.4 Å². The monoisotopic (exact) mass is 535 g/mol. The van der Waals surface area contributed by atoms with E-state index in [1.54, 1.807) is 0 Å². The standard InChI is InChI=1S/C27H53NO4.BrH/c1-3-5-7-9-11-13-15-17-19-21-26(29)31-24-25(23-28)32-27(30)22-20-18-16-14-12-10-8-6-4-2;/h25H,3-24,28H2,1-2H3;1H. The SMILES string of the molecule is Br.CCCCCCCCCCCC(=O)OCC(CN)OC(=O)CCCCCCCCCCC. The van der Waals surface area contributed by atoms with Crippen LogP contribution in [0.25, 0.3) is 0 Å². The number of nitrogens with two attached hydrogens (primary N) is 1. The van der Waals surface area contributed by atoms with E-state index >= 15 is 0 Å². The first-order chi connectivity index (χ1) is 15.6. The average Bonchev–Trinajstić information content (AvgIpc) is 2.79. The minimum Gasteiger partial charge on any atom is -0.462 e. The van der Waals surface area contributed by atoms with Gasteiger partial charge >= 0.3 is 11.9 Å². The molecule has 2 N–H and O–H groups in total. The molecule has 0 amide bonds. The van der Waals surface area contributed by atoms with Gasteiger partial charge in [-0.15, -0.1) is 17.0 Å². The molecule has 0 spiro atoms. The number of hydrogen-bond acceptors (Lipinski definition) is 5. The number of hydrogen-bond donors (Lipinski definition) is 1. The Labute approximate surface area is 215 Å². The summed E-state index contributed by atoms with van der Waals surface area (Å²) in [7, 11) is 0. The normalized spacial score (nSPS) is 11.6. The maximum Gasteiger partial charge on any atom is 0.306 e. The molecular formula is C27H54BrNO4. The lowest BCUT2D eigenvalue weighted by Gasteiger charge is -2.16. The third-order valence-electron chi connectivity index (χ3n) is 5.96. The first-order valence-electron chi connectivity index (χ1n) is 13.7. The predicted octanol–water partition coefficient (Wildman–Crippen LogP) is 7.82. The molecule has 0 aromatic rings. The van der Waals surface area contributed by atoms with Gasteiger partial charge in [0.1, 0.15) is 12.7 Å². The molecule has 0 aliphatic heterocycles. The number of carbonyl (C=O) groups is 2.